The zero-order chi connectivity index (χ0) is 14.7. The quantitative estimate of drug-likeness (QED) is 0.131. The van der Waals surface area contributed by atoms with Gasteiger partial charge in [-0.3, -0.25) is 4.79 Å². The molecule has 0 aliphatic rings. The van der Waals surface area contributed by atoms with Gasteiger partial charge in [-0.05, 0) is 5.16 Å². The van der Waals surface area contributed by atoms with Gasteiger partial charge in [0.15, 0.2) is 0 Å². The lowest BCUT2D eigenvalue weighted by atomic mass is 10.2. The molecule has 0 rings (SSSR count). The van der Waals surface area contributed by atoms with Crippen LogP contribution in [0, 0.1) is 0 Å². The van der Waals surface area contributed by atoms with Crippen molar-refractivity contribution in [2.75, 3.05) is 31.5 Å². The Kier molecular flexibility index (Phi) is 10.4. The maximum Gasteiger partial charge on any atom is 0.322 e. The van der Waals surface area contributed by atoms with Crippen molar-refractivity contribution in [3.8, 4) is 0 Å². The molecule has 0 saturated heterocycles. The van der Waals surface area contributed by atoms with E-state index < -0.39 is 12.0 Å². The highest BCUT2D eigenvalue weighted by molar-refractivity contribution is 6.18. The minimum atomic E-state index is -1.01. The van der Waals surface area contributed by atoms with E-state index in [1.54, 1.807) is 5.01 Å². The maximum absolute atomic E-state index is 11.1. The molecule has 0 saturated carbocycles. The number of alkyl halides is 2. The number of hydrogen-bond donors (Lipinski definition) is 4. The third-order valence-corrected chi connectivity index (χ3v) is 2.35. The van der Waals surface area contributed by atoms with Gasteiger partial charge in [0.25, 0.3) is 0 Å². The Morgan fingerprint density at radius 1 is 1.37 bits per heavy atom. The third-order valence-electron chi connectivity index (χ3n) is 2.01. The highest BCUT2D eigenvalue weighted by atomic mass is 35.5. The molecule has 1 atom stereocenters. The Morgan fingerprint density at radius 2 is 1.95 bits per heavy atom. The summed E-state index contributed by atoms with van der Waals surface area (Å²) in [4.78, 5) is 15.8. The second-order valence-corrected chi connectivity index (χ2v) is 4.28. The molecule has 0 spiro atoms. The van der Waals surface area contributed by atoms with Crippen molar-refractivity contribution in [3.05, 3.63) is 0 Å². The van der Waals surface area contributed by atoms with Gasteiger partial charge in [-0.15, -0.1) is 23.2 Å². The summed E-state index contributed by atoms with van der Waals surface area (Å²) in [7, 11) is 0. The standard InChI is InChI=1S/C9H19Cl2N5O3/c10-2-4-16(5-3-11)14-7(8(17)18)1-6-19-15-9(12)13/h7,14H,1-6H2,(H,17,18)(H4,12,13,15). The molecule has 10 heteroatoms. The number of carbonyl (C=O) groups is 1. The fourth-order valence-corrected chi connectivity index (χ4v) is 1.61. The number of halogens is 2. The van der Waals surface area contributed by atoms with Crippen molar-refractivity contribution in [1.29, 1.82) is 0 Å². The predicted octanol–water partition coefficient (Wildman–Crippen LogP) is -0.681. The normalized spacial score (nSPS) is 12.2. The van der Waals surface area contributed by atoms with Crippen LogP contribution in [0.25, 0.3) is 0 Å². The molecule has 19 heavy (non-hydrogen) atoms. The van der Waals surface area contributed by atoms with Gasteiger partial charge in [0.1, 0.15) is 12.6 Å². The molecule has 0 fully saturated rings. The molecule has 0 aliphatic heterocycles. The van der Waals surface area contributed by atoms with Crippen molar-refractivity contribution in [2.45, 2.75) is 12.5 Å². The molecule has 0 aromatic heterocycles. The zero-order valence-electron chi connectivity index (χ0n) is 10.4. The van der Waals surface area contributed by atoms with Crippen LogP contribution in [0.4, 0.5) is 0 Å². The highest BCUT2D eigenvalue weighted by Crippen LogP contribution is 1.98. The van der Waals surface area contributed by atoms with Crippen LogP contribution in [0.5, 0.6) is 0 Å². The van der Waals surface area contributed by atoms with Crippen LogP contribution in [0.2, 0.25) is 0 Å². The van der Waals surface area contributed by atoms with E-state index in [0.717, 1.165) is 0 Å². The Balaban J connectivity index is 4.22. The predicted molar refractivity (Wildman–Crippen MR) is 74.0 cm³/mol. The van der Waals surface area contributed by atoms with Gasteiger partial charge in [-0.2, -0.15) is 0 Å². The van der Waals surface area contributed by atoms with Crippen LogP contribution in [0.15, 0.2) is 5.16 Å². The lowest BCUT2D eigenvalue weighted by molar-refractivity contribution is -0.141. The molecular weight excluding hydrogens is 297 g/mol. The number of guanidine groups is 1. The molecule has 0 aromatic rings. The van der Waals surface area contributed by atoms with E-state index in [2.05, 4.69) is 10.6 Å². The van der Waals surface area contributed by atoms with Gasteiger partial charge in [0.05, 0.1) is 0 Å². The SMILES string of the molecule is NC(N)=NOCCC(NN(CCCl)CCCl)C(=O)O. The lowest BCUT2D eigenvalue weighted by Gasteiger charge is -2.25. The van der Waals surface area contributed by atoms with Gasteiger partial charge >= 0.3 is 5.97 Å². The smallest absolute Gasteiger partial charge is 0.322 e. The Morgan fingerprint density at radius 3 is 2.37 bits per heavy atom. The first-order valence-electron chi connectivity index (χ1n) is 5.58. The second-order valence-electron chi connectivity index (χ2n) is 3.52. The van der Waals surface area contributed by atoms with Gasteiger partial charge in [0.2, 0.25) is 5.96 Å². The molecule has 112 valence electrons. The number of rotatable bonds is 11. The summed E-state index contributed by atoms with van der Waals surface area (Å²) in [5.41, 5.74) is 12.9. The van der Waals surface area contributed by atoms with Crippen molar-refractivity contribution in [2.24, 2.45) is 16.6 Å². The molecule has 1 unspecified atom stereocenters. The molecule has 8 nitrogen and oxygen atoms in total. The summed E-state index contributed by atoms with van der Waals surface area (Å²) in [6, 6.07) is -0.833. The van der Waals surface area contributed by atoms with Crippen molar-refractivity contribution in [3.63, 3.8) is 0 Å². The number of carboxylic acid groups (broad SMARTS) is 1. The summed E-state index contributed by atoms with van der Waals surface area (Å²) in [5, 5.41) is 14.0. The zero-order valence-corrected chi connectivity index (χ0v) is 11.9. The van der Waals surface area contributed by atoms with Crippen molar-refractivity contribution in [1.82, 2.24) is 10.4 Å². The molecule has 0 amide bonds. The first kappa shape index (κ1) is 18.0. The summed E-state index contributed by atoms with van der Waals surface area (Å²) >= 11 is 11.2. The van der Waals surface area contributed by atoms with Gasteiger partial charge in [-0.25, -0.2) is 10.4 Å². The van der Waals surface area contributed by atoms with E-state index in [0.29, 0.717) is 24.8 Å². The number of aliphatic carboxylic acids is 1. The third kappa shape index (κ3) is 9.60. The van der Waals surface area contributed by atoms with Crippen molar-refractivity contribution >= 4 is 35.1 Å². The summed E-state index contributed by atoms with van der Waals surface area (Å²) < 4.78 is 0. The number of nitrogens with zero attached hydrogens (tertiary/aromatic N) is 2. The number of oxime groups is 1. The molecule has 0 bridgehead atoms. The summed E-state index contributed by atoms with van der Waals surface area (Å²) in [6.45, 7) is 1.02. The second kappa shape index (κ2) is 10.9. The largest absolute Gasteiger partial charge is 0.480 e. The van der Waals surface area contributed by atoms with Crippen LogP contribution in [-0.4, -0.2) is 59.5 Å². The van der Waals surface area contributed by atoms with E-state index in [1.807, 2.05) is 0 Å². The lowest BCUT2D eigenvalue weighted by Crippen LogP contribution is -2.50. The van der Waals surface area contributed by atoms with E-state index in [-0.39, 0.29) is 19.0 Å². The maximum atomic E-state index is 11.1. The van der Waals surface area contributed by atoms with Crippen LogP contribution >= 0.6 is 23.2 Å². The summed E-state index contributed by atoms with van der Waals surface area (Å²) in [5.74, 6) is -0.505. The summed E-state index contributed by atoms with van der Waals surface area (Å²) in [6.07, 6.45) is 0.188. The van der Waals surface area contributed by atoms with E-state index in [1.165, 1.54) is 0 Å². The fourth-order valence-electron chi connectivity index (χ4n) is 1.20. The van der Waals surface area contributed by atoms with E-state index >= 15 is 0 Å². The minimum absolute atomic E-state index is 0.0669. The fraction of sp³-hybridized carbons (Fsp3) is 0.778. The van der Waals surface area contributed by atoms with Crippen LogP contribution < -0.4 is 16.9 Å². The first-order chi connectivity index (χ1) is 9.01. The molecule has 0 radical (unpaired) electrons. The van der Waals surface area contributed by atoms with Gasteiger partial charge in [0, 0.05) is 31.3 Å². The minimum Gasteiger partial charge on any atom is -0.480 e. The van der Waals surface area contributed by atoms with E-state index in [9.17, 15) is 4.79 Å². The number of nitrogens with two attached hydrogens (primary N) is 2. The first-order valence-corrected chi connectivity index (χ1v) is 6.65. The van der Waals surface area contributed by atoms with Gasteiger partial charge < -0.3 is 21.4 Å². The number of hydrogen-bond acceptors (Lipinski definition) is 5. The van der Waals surface area contributed by atoms with E-state index in [4.69, 9.17) is 44.6 Å². The number of carboxylic acids is 1. The van der Waals surface area contributed by atoms with Crippen LogP contribution in [0.3, 0.4) is 0 Å². The Labute approximate surface area is 121 Å². The Bertz CT molecular complexity index is 283. The molecule has 0 aliphatic carbocycles. The van der Waals surface area contributed by atoms with Gasteiger partial charge in [-0.1, -0.05) is 0 Å². The topological polar surface area (TPSA) is 126 Å². The van der Waals surface area contributed by atoms with Crippen LogP contribution in [-0.2, 0) is 9.63 Å². The molecular formula is C9H19Cl2N5O3. The average Bonchev–Trinajstić information content (AvgIpc) is 2.32. The number of nitrogens with one attached hydrogen (secondary N) is 1. The van der Waals surface area contributed by atoms with Crippen LogP contribution in [0.1, 0.15) is 6.42 Å². The molecule has 6 N–H and O–H groups in total. The Hall–Kier alpha value is -0.960. The molecule has 0 aromatic carbocycles. The molecule has 0 heterocycles. The highest BCUT2D eigenvalue weighted by Gasteiger charge is 2.20. The van der Waals surface area contributed by atoms with Crippen molar-refractivity contribution < 1.29 is 14.7 Å². The average molecular weight is 316 g/mol. The monoisotopic (exact) mass is 315 g/mol. The number of hydrazine groups is 1.